The molecule has 0 saturated heterocycles. The Morgan fingerprint density at radius 1 is 0.966 bits per heavy atom. The number of rotatable bonds is 7. The minimum atomic E-state index is -0.682. The van der Waals surface area contributed by atoms with Gasteiger partial charge in [-0.1, -0.05) is 60.2 Å². The molecule has 4 nitrogen and oxygen atoms in total. The van der Waals surface area contributed by atoms with Gasteiger partial charge in [0.2, 0.25) is 0 Å². The molecule has 0 aliphatic carbocycles. The van der Waals surface area contributed by atoms with Crippen LogP contribution in [0.4, 0.5) is 0 Å². The zero-order chi connectivity index (χ0) is 20.8. The Morgan fingerprint density at radius 2 is 1.72 bits per heavy atom. The van der Waals surface area contributed by atoms with Gasteiger partial charge in [0.1, 0.15) is 24.0 Å². The number of halogens is 1. The Morgan fingerprint density at radius 3 is 2.41 bits per heavy atom. The lowest BCUT2D eigenvalue weighted by molar-refractivity contribution is -0.141. The molecule has 29 heavy (non-hydrogen) atoms. The van der Waals surface area contributed by atoms with Crippen LogP contribution < -0.4 is 9.47 Å². The normalized spacial score (nSPS) is 11.6. The Kier molecular flexibility index (Phi) is 6.94. The van der Waals surface area contributed by atoms with Crippen LogP contribution in [0.25, 0.3) is 0 Å². The van der Waals surface area contributed by atoms with E-state index in [-0.39, 0.29) is 5.97 Å². The van der Waals surface area contributed by atoms with Crippen molar-refractivity contribution in [3.05, 3.63) is 93.5 Å². The van der Waals surface area contributed by atoms with Gasteiger partial charge in [-0.05, 0) is 40.5 Å². The Labute approximate surface area is 179 Å². The first-order valence-electron chi connectivity index (χ1n) is 9.22. The van der Waals surface area contributed by atoms with Gasteiger partial charge in [0.15, 0.2) is 0 Å². The van der Waals surface area contributed by atoms with Crippen molar-refractivity contribution in [2.24, 2.45) is 0 Å². The molecule has 3 aromatic carbocycles. The number of carbonyl (C=O) groups excluding carboxylic acids is 1. The average Bonchev–Trinajstić information content (AvgIpc) is 2.74. The molecule has 0 radical (unpaired) electrons. The minimum Gasteiger partial charge on any atom is -0.496 e. The third-order valence-electron chi connectivity index (χ3n) is 4.67. The van der Waals surface area contributed by atoms with Crippen molar-refractivity contribution in [2.45, 2.75) is 19.4 Å². The van der Waals surface area contributed by atoms with Crippen LogP contribution in [-0.4, -0.2) is 20.2 Å². The van der Waals surface area contributed by atoms with E-state index in [0.29, 0.717) is 23.7 Å². The summed E-state index contributed by atoms with van der Waals surface area (Å²) in [6.07, 6.45) is 0. The van der Waals surface area contributed by atoms with Gasteiger partial charge >= 0.3 is 5.97 Å². The van der Waals surface area contributed by atoms with E-state index in [2.05, 4.69) is 15.9 Å². The SMILES string of the molecule is COC(=O)C(c1cc(C)ccc1OC)c1cccc(Br)c1OCc1ccccc1. The van der Waals surface area contributed by atoms with E-state index in [1.807, 2.05) is 73.7 Å². The van der Waals surface area contributed by atoms with Crippen molar-refractivity contribution in [1.82, 2.24) is 0 Å². The third-order valence-corrected chi connectivity index (χ3v) is 5.29. The van der Waals surface area contributed by atoms with Gasteiger partial charge in [-0.3, -0.25) is 4.79 Å². The number of para-hydroxylation sites is 1. The van der Waals surface area contributed by atoms with Crippen molar-refractivity contribution < 1.29 is 19.0 Å². The lowest BCUT2D eigenvalue weighted by Gasteiger charge is -2.22. The molecule has 3 aromatic rings. The summed E-state index contributed by atoms with van der Waals surface area (Å²) in [5.41, 5.74) is 3.52. The number of methoxy groups -OCH3 is 2. The van der Waals surface area contributed by atoms with Gasteiger partial charge in [0.05, 0.1) is 18.7 Å². The number of esters is 1. The first-order valence-corrected chi connectivity index (χ1v) is 10.0. The topological polar surface area (TPSA) is 44.8 Å². The van der Waals surface area contributed by atoms with Gasteiger partial charge in [0, 0.05) is 11.1 Å². The van der Waals surface area contributed by atoms with Gasteiger partial charge in [-0.15, -0.1) is 0 Å². The van der Waals surface area contributed by atoms with E-state index in [1.54, 1.807) is 7.11 Å². The van der Waals surface area contributed by atoms with Crippen LogP contribution in [0, 0.1) is 6.92 Å². The Hall–Kier alpha value is -2.79. The van der Waals surface area contributed by atoms with Crippen LogP contribution in [0.5, 0.6) is 11.5 Å². The van der Waals surface area contributed by atoms with E-state index in [9.17, 15) is 4.79 Å². The fourth-order valence-electron chi connectivity index (χ4n) is 3.25. The van der Waals surface area contributed by atoms with Crippen molar-refractivity contribution >= 4 is 21.9 Å². The second kappa shape index (κ2) is 9.61. The molecule has 1 atom stereocenters. The summed E-state index contributed by atoms with van der Waals surface area (Å²) >= 11 is 3.57. The molecule has 0 fully saturated rings. The largest absolute Gasteiger partial charge is 0.496 e. The van der Waals surface area contributed by atoms with Crippen LogP contribution in [0.1, 0.15) is 28.2 Å². The van der Waals surface area contributed by atoms with Crippen LogP contribution >= 0.6 is 15.9 Å². The molecule has 0 spiro atoms. The minimum absolute atomic E-state index is 0.378. The summed E-state index contributed by atoms with van der Waals surface area (Å²) in [5.74, 6) is 0.171. The number of hydrogen-bond donors (Lipinski definition) is 0. The van der Waals surface area contributed by atoms with Gasteiger partial charge in [-0.2, -0.15) is 0 Å². The zero-order valence-electron chi connectivity index (χ0n) is 16.6. The van der Waals surface area contributed by atoms with E-state index >= 15 is 0 Å². The van der Waals surface area contributed by atoms with Crippen molar-refractivity contribution in [1.29, 1.82) is 0 Å². The van der Waals surface area contributed by atoms with E-state index in [1.165, 1.54) is 7.11 Å². The molecule has 5 heteroatoms. The van der Waals surface area contributed by atoms with Gasteiger partial charge < -0.3 is 14.2 Å². The number of carbonyl (C=O) groups is 1. The molecule has 0 saturated carbocycles. The highest BCUT2D eigenvalue weighted by Gasteiger charge is 2.30. The molecule has 0 aromatic heterocycles. The van der Waals surface area contributed by atoms with Crippen LogP contribution in [-0.2, 0) is 16.1 Å². The molecule has 150 valence electrons. The maximum atomic E-state index is 12.9. The molecule has 0 bridgehead atoms. The van der Waals surface area contributed by atoms with Gasteiger partial charge in [-0.25, -0.2) is 0 Å². The molecule has 1 unspecified atom stereocenters. The molecule has 0 N–H and O–H groups in total. The predicted molar refractivity (Wildman–Crippen MR) is 117 cm³/mol. The maximum Gasteiger partial charge on any atom is 0.317 e. The first-order chi connectivity index (χ1) is 14.0. The molecule has 0 amide bonds. The summed E-state index contributed by atoms with van der Waals surface area (Å²) in [6, 6.07) is 21.3. The van der Waals surface area contributed by atoms with Crippen molar-refractivity contribution in [2.75, 3.05) is 14.2 Å². The monoisotopic (exact) mass is 454 g/mol. The quantitative estimate of drug-likeness (QED) is 0.432. The number of ether oxygens (including phenoxy) is 3. The number of aryl methyl sites for hydroxylation is 1. The fraction of sp³-hybridized carbons (Fsp3) is 0.208. The van der Waals surface area contributed by atoms with E-state index < -0.39 is 5.92 Å². The molecule has 0 aliphatic heterocycles. The number of benzene rings is 3. The molecular weight excluding hydrogens is 432 g/mol. The molecular formula is C24H23BrO4. The second-order valence-corrected chi connectivity index (χ2v) is 7.49. The zero-order valence-corrected chi connectivity index (χ0v) is 18.2. The highest BCUT2D eigenvalue weighted by molar-refractivity contribution is 9.10. The van der Waals surface area contributed by atoms with Crippen LogP contribution in [0.2, 0.25) is 0 Å². The highest BCUT2D eigenvalue weighted by Crippen LogP contribution is 2.41. The number of hydrogen-bond acceptors (Lipinski definition) is 4. The summed E-state index contributed by atoms with van der Waals surface area (Å²) < 4.78 is 17.6. The highest BCUT2D eigenvalue weighted by atomic mass is 79.9. The molecule has 0 aliphatic rings. The van der Waals surface area contributed by atoms with Crippen molar-refractivity contribution in [3.8, 4) is 11.5 Å². The van der Waals surface area contributed by atoms with Crippen LogP contribution in [0.15, 0.2) is 71.2 Å². The van der Waals surface area contributed by atoms with Gasteiger partial charge in [0.25, 0.3) is 0 Å². The summed E-state index contributed by atoms with van der Waals surface area (Å²) in [5, 5.41) is 0. The van der Waals surface area contributed by atoms with Crippen molar-refractivity contribution in [3.63, 3.8) is 0 Å². The smallest absolute Gasteiger partial charge is 0.317 e. The first kappa shape index (κ1) is 20.9. The summed E-state index contributed by atoms with van der Waals surface area (Å²) in [6.45, 7) is 2.36. The van der Waals surface area contributed by atoms with E-state index in [0.717, 1.165) is 21.2 Å². The fourth-order valence-corrected chi connectivity index (χ4v) is 3.75. The second-order valence-electron chi connectivity index (χ2n) is 6.63. The summed E-state index contributed by atoms with van der Waals surface area (Å²) in [7, 11) is 2.98. The molecule has 0 heterocycles. The summed E-state index contributed by atoms with van der Waals surface area (Å²) in [4.78, 5) is 12.9. The Balaban J connectivity index is 2.09. The van der Waals surface area contributed by atoms with E-state index in [4.69, 9.17) is 14.2 Å². The lowest BCUT2D eigenvalue weighted by Crippen LogP contribution is -2.18. The van der Waals surface area contributed by atoms with Crippen LogP contribution in [0.3, 0.4) is 0 Å². The maximum absolute atomic E-state index is 12.9. The average molecular weight is 455 g/mol. The predicted octanol–water partition coefficient (Wildman–Crippen LogP) is 5.65. The Bertz CT molecular complexity index is 985. The standard InChI is InChI=1S/C24H23BrO4/c1-16-12-13-21(27-2)19(14-16)22(24(26)28-3)18-10-7-11-20(25)23(18)29-15-17-8-5-4-6-9-17/h4-14,22H,15H2,1-3H3. The lowest BCUT2D eigenvalue weighted by atomic mass is 9.89. The molecule has 3 rings (SSSR count). The third kappa shape index (κ3) is 4.80.